The zero-order valence-corrected chi connectivity index (χ0v) is 14.7. The van der Waals surface area contributed by atoms with Gasteiger partial charge in [0.2, 0.25) is 5.91 Å². The van der Waals surface area contributed by atoms with Gasteiger partial charge in [-0.05, 0) is 76.9 Å². The summed E-state index contributed by atoms with van der Waals surface area (Å²) in [7, 11) is 0. The van der Waals surface area contributed by atoms with Gasteiger partial charge in [0.1, 0.15) is 0 Å². The molecule has 0 spiro atoms. The monoisotopic (exact) mass is 321 g/mol. The number of unbranched alkanes of at least 4 members (excludes halogenated alkanes) is 2. The summed E-state index contributed by atoms with van der Waals surface area (Å²) in [6.07, 6.45) is 13.7. The average molecular weight is 322 g/mol. The summed E-state index contributed by atoms with van der Waals surface area (Å²) in [5.41, 5.74) is 0. The topological polar surface area (TPSA) is 44.4 Å². The molecule has 0 radical (unpaired) electrons. The second-order valence-corrected chi connectivity index (χ2v) is 7.99. The van der Waals surface area contributed by atoms with E-state index in [1.54, 1.807) is 0 Å². The third-order valence-electron chi connectivity index (χ3n) is 5.97. The standard InChI is InChI=1S/C19H35N3O/c23-19(15-16-13-17-7-8-18(14-16)21-17)20-9-3-1-4-10-22-11-5-2-6-12-22/h16-18,21H,1-15H2,(H,20,23). The first-order valence-corrected chi connectivity index (χ1v) is 10.0. The fourth-order valence-electron chi connectivity index (χ4n) is 4.72. The highest BCUT2D eigenvalue weighted by Gasteiger charge is 2.33. The van der Waals surface area contributed by atoms with Crippen LogP contribution in [0.1, 0.15) is 70.6 Å². The van der Waals surface area contributed by atoms with E-state index in [0.29, 0.717) is 18.0 Å². The first kappa shape index (κ1) is 17.2. The lowest BCUT2D eigenvalue weighted by atomic mass is 9.89. The second kappa shape index (κ2) is 9.03. The van der Waals surface area contributed by atoms with E-state index in [1.807, 2.05) is 0 Å². The largest absolute Gasteiger partial charge is 0.356 e. The van der Waals surface area contributed by atoms with Gasteiger partial charge in [0, 0.05) is 25.0 Å². The Balaban J connectivity index is 1.18. The molecular weight excluding hydrogens is 286 g/mol. The number of piperidine rings is 2. The zero-order valence-electron chi connectivity index (χ0n) is 14.7. The van der Waals surface area contributed by atoms with E-state index in [1.165, 1.54) is 77.4 Å². The van der Waals surface area contributed by atoms with Crippen LogP contribution in [0.3, 0.4) is 0 Å². The Hall–Kier alpha value is -0.610. The van der Waals surface area contributed by atoms with E-state index in [-0.39, 0.29) is 5.91 Å². The molecule has 2 bridgehead atoms. The van der Waals surface area contributed by atoms with Crippen molar-refractivity contribution in [2.45, 2.75) is 82.7 Å². The molecule has 0 aromatic carbocycles. The maximum absolute atomic E-state index is 12.1. The molecule has 132 valence electrons. The van der Waals surface area contributed by atoms with Gasteiger partial charge < -0.3 is 15.5 Å². The molecule has 0 aromatic rings. The van der Waals surface area contributed by atoms with Crippen LogP contribution in [-0.2, 0) is 4.79 Å². The van der Waals surface area contributed by atoms with E-state index in [0.717, 1.165) is 19.4 Å². The van der Waals surface area contributed by atoms with Crippen LogP contribution in [0.15, 0.2) is 0 Å². The highest BCUT2D eigenvalue weighted by molar-refractivity contribution is 5.76. The molecule has 3 saturated heterocycles. The number of rotatable bonds is 8. The van der Waals surface area contributed by atoms with Crippen molar-refractivity contribution in [3.8, 4) is 0 Å². The Bertz CT molecular complexity index is 356. The van der Waals surface area contributed by atoms with Gasteiger partial charge in [-0.3, -0.25) is 4.79 Å². The summed E-state index contributed by atoms with van der Waals surface area (Å²) in [4.78, 5) is 14.7. The van der Waals surface area contributed by atoms with Crippen molar-refractivity contribution in [1.29, 1.82) is 0 Å². The number of carbonyl (C=O) groups is 1. The van der Waals surface area contributed by atoms with Crippen molar-refractivity contribution in [2.24, 2.45) is 5.92 Å². The zero-order chi connectivity index (χ0) is 15.9. The molecule has 23 heavy (non-hydrogen) atoms. The predicted octanol–water partition coefficient (Wildman–Crippen LogP) is 2.68. The van der Waals surface area contributed by atoms with Crippen molar-refractivity contribution >= 4 is 5.91 Å². The Labute approximate surface area is 141 Å². The van der Waals surface area contributed by atoms with Crippen molar-refractivity contribution < 1.29 is 4.79 Å². The predicted molar refractivity (Wildman–Crippen MR) is 94.4 cm³/mol. The lowest BCUT2D eigenvalue weighted by Gasteiger charge is -2.28. The summed E-state index contributed by atoms with van der Waals surface area (Å²) in [5.74, 6) is 0.903. The first-order chi connectivity index (χ1) is 11.3. The molecule has 2 atom stereocenters. The number of likely N-dealkylation sites (tertiary alicyclic amines) is 1. The van der Waals surface area contributed by atoms with Gasteiger partial charge in [0.15, 0.2) is 0 Å². The minimum Gasteiger partial charge on any atom is -0.356 e. The third kappa shape index (κ3) is 5.75. The fourth-order valence-corrected chi connectivity index (χ4v) is 4.72. The molecule has 2 unspecified atom stereocenters. The molecular formula is C19H35N3O. The van der Waals surface area contributed by atoms with Crippen molar-refractivity contribution in [3.05, 3.63) is 0 Å². The van der Waals surface area contributed by atoms with Crippen molar-refractivity contribution in [3.63, 3.8) is 0 Å². The lowest BCUT2D eigenvalue weighted by molar-refractivity contribution is -0.122. The summed E-state index contributed by atoms with van der Waals surface area (Å²) in [6.45, 7) is 4.73. The molecule has 3 rings (SSSR count). The maximum Gasteiger partial charge on any atom is 0.220 e. The number of nitrogens with one attached hydrogen (secondary N) is 2. The van der Waals surface area contributed by atoms with Crippen LogP contribution in [0.25, 0.3) is 0 Å². The van der Waals surface area contributed by atoms with E-state index in [4.69, 9.17) is 0 Å². The van der Waals surface area contributed by atoms with Gasteiger partial charge in [-0.15, -0.1) is 0 Å². The average Bonchev–Trinajstić information content (AvgIpc) is 2.90. The summed E-state index contributed by atoms with van der Waals surface area (Å²) in [6, 6.07) is 1.39. The van der Waals surface area contributed by atoms with E-state index < -0.39 is 0 Å². The summed E-state index contributed by atoms with van der Waals surface area (Å²) in [5, 5.41) is 6.80. The van der Waals surface area contributed by atoms with Crippen molar-refractivity contribution in [1.82, 2.24) is 15.5 Å². The summed E-state index contributed by atoms with van der Waals surface area (Å²) >= 11 is 0. The molecule has 2 N–H and O–H groups in total. The SMILES string of the molecule is O=C(CC1CC2CCC(C1)N2)NCCCCCN1CCCCC1. The first-order valence-electron chi connectivity index (χ1n) is 10.0. The van der Waals surface area contributed by atoms with Crippen LogP contribution in [0.4, 0.5) is 0 Å². The van der Waals surface area contributed by atoms with Crippen LogP contribution < -0.4 is 10.6 Å². The van der Waals surface area contributed by atoms with E-state index in [2.05, 4.69) is 15.5 Å². The van der Waals surface area contributed by atoms with Gasteiger partial charge in [-0.25, -0.2) is 0 Å². The van der Waals surface area contributed by atoms with Crippen LogP contribution >= 0.6 is 0 Å². The van der Waals surface area contributed by atoms with Gasteiger partial charge >= 0.3 is 0 Å². The molecule has 3 aliphatic rings. The van der Waals surface area contributed by atoms with Gasteiger partial charge in [-0.1, -0.05) is 12.8 Å². The molecule has 0 aromatic heterocycles. The molecule has 4 heteroatoms. The number of hydrogen-bond donors (Lipinski definition) is 2. The maximum atomic E-state index is 12.1. The Kier molecular flexibility index (Phi) is 6.76. The number of carbonyl (C=O) groups excluding carboxylic acids is 1. The third-order valence-corrected chi connectivity index (χ3v) is 5.97. The molecule has 0 aliphatic carbocycles. The molecule has 4 nitrogen and oxygen atoms in total. The van der Waals surface area contributed by atoms with Gasteiger partial charge in [0.05, 0.1) is 0 Å². The number of fused-ring (bicyclic) bond motifs is 2. The Morgan fingerprint density at radius 1 is 1.00 bits per heavy atom. The number of hydrogen-bond acceptors (Lipinski definition) is 3. The Morgan fingerprint density at radius 2 is 1.74 bits per heavy atom. The lowest BCUT2D eigenvalue weighted by Crippen LogP contribution is -2.39. The van der Waals surface area contributed by atoms with Gasteiger partial charge in [0.25, 0.3) is 0 Å². The highest BCUT2D eigenvalue weighted by Crippen LogP contribution is 2.32. The van der Waals surface area contributed by atoms with Crippen LogP contribution in [0.5, 0.6) is 0 Å². The van der Waals surface area contributed by atoms with Crippen LogP contribution in [0.2, 0.25) is 0 Å². The normalized spacial score (nSPS) is 31.2. The van der Waals surface area contributed by atoms with E-state index in [9.17, 15) is 4.79 Å². The molecule has 0 saturated carbocycles. The second-order valence-electron chi connectivity index (χ2n) is 7.99. The molecule has 1 amide bonds. The molecule has 3 aliphatic heterocycles. The van der Waals surface area contributed by atoms with Crippen LogP contribution in [0, 0.1) is 5.92 Å². The molecule has 3 fully saturated rings. The minimum atomic E-state index is 0.285. The fraction of sp³-hybridized carbons (Fsp3) is 0.947. The van der Waals surface area contributed by atoms with Gasteiger partial charge in [-0.2, -0.15) is 0 Å². The highest BCUT2D eigenvalue weighted by atomic mass is 16.1. The minimum absolute atomic E-state index is 0.285. The smallest absolute Gasteiger partial charge is 0.220 e. The Morgan fingerprint density at radius 3 is 2.48 bits per heavy atom. The number of amides is 1. The van der Waals surface area contributed by atoms with E-state index >= 15 is 0 Å². The number of nitrogens with zero attached hydrogens (tertiary/aromatic N) is 1. The molecule has 3 heterocycles. The van der Waals surface area contributed by atoms with Crippen LogP contribution in [-0.4, -0.2) is 49.1 Å². The van der Waals surface area contributed by atoms with Crippen molar-refractivity contribution in [2.75, 3.05) is 26.2 Å². The quantitative estimate of drug-likeness (QED) is 0.676. The summed E-state index contributed by atoms with van der Waals surface area (Å²) < 4.78 is 0.